The highest BCUT2D eigenvalue weighted by Gasteiger charge is 2.26. The number of nitrogens with one attached hydrogen (secondary N) is 1. The lowest BCUT2D eigenvalue weighted by Crippen LogP contribution is -2.46. The van der Waals surface area contributed by atoms with Gasteiger partial charge in [0.15, 0.2) is 0 Å². The van der Waals surface area contributed by atoms with Crippen LogP contribution in [0.25, 0.3) is 0 Å². The molecule has 2 amide bonds. The van der Waals surface area contributed by atoms with E-state index >= 15 is 0 Å². The van der Waals surface area contributed by atoms with E-state index in [9.17, 15) is 14.7 Å². The molecule has 1 saturated heterocycles. The third kappa shape index (κ3) is 6.01. The highest BCUT2D eigenvalue weighted by Crippen LogP contribution is 2.27. The normalized spacial score (nSPS) is 18.0. The Bertz CT molecular complexity index is 959. The summed E-state index contributed by atoms with van der Waals surface area (Å²) < 4.78 is 5.96. The van der Waals surface area contributed by atoms with Gasteiger partial charge in [0.25, 0.3) is 5.91 Å². The molecule has 8 nitrogen and oxygen atoms in total. The third-order valence-electron chi connectivity index (χ3n) is 6.29. The third-order valence-corrected chi connectivity index (χ3v) is 6.29. The Kier molecular flexibility index (Phi) is 7.78. The van der Waals surface area contributed by atoms with Crippen LogP contribution in [0.2, 0.25) is 0 Å². The van der Waals surface area contributed by atoms with Crippen LogP contribution in [-0.2, 0) is 4.79 Å². The number of carbonyl (C=O) groups excluding carboxylic acids is 2. The number of fused-ring (bicyclic) bond motifs is 3. The number of rotatable bonds is 3. The van der Waals surface area contributed by atoms with Gasteiger partial charge in [-0.3, -0.25) is 9.59 Å². The van der Waals surface area contributed by atoms with E-state index in [1.165, 1.54) is 0 Å². The fourth-order valence-electron chi connectivity index (χ4n) is 4.26. The number of likely N-dealkylation sites (tertiary alicyclic amines) is 1. The van der Waals surface area contributed by atoms with Crippen molar-refractivity contribution in [2.24, 2.45) is 5.92 Å². The van der Waals surface area contributed by atoms with Crippen molar-refractivity contribution >= 4 is 23.3 Å². The van der Waals surface area contributed by atoms with Crippen LogP contribution in [0.1, 0.15) is 42.6 Å². The predicted molar refractivity (Wildman–Crippen MR) is 126 cm³/mol. The largest absolute Gasteiger partial charge is 0.491 e. The van der Waals surface area contributed by atoms with Gasteiger partial charge in [0.1, 0.15) is 23.8 Å². The van der Waals surface area contributed by atoms with Crippen LogP contribution in [0.4, 0.5) is 11.5 Å². The lowest BCUT2D eigenvalue weighted by atomic mass is 9.98. The van der Waals surface area contributed by atoms with Gasteiger partial charge in [-0.2, -0.15) is 0 Å². The minimum Gasteiger partial charge on any atom is -0.491 e. The molecule has 0 spiro atoms. The molecule has 2 aromatic rings. The number of hydrogen-bond acceptors (Lipinski definition) is 6. The topological polar surface area (TPSA) is 95.0 Å². The van der Waals surface area contributed by atoms with Crippen molar-refractivity contribution in [2.45, 2.75) is 32.1 Å². The van der Waals surface area contributed by atoms with Crippen LogP contribution in [-0.4, -0.2) is 71.1 Å². The molecule has 1 aromatic heterocycles. The first-order valence-electron chi connectivity index (χ1n) is 11.8. The molecule has 1 fully saturated rings. The van der Waals surface area contributed by atoms with Crippen molar-refractivity contribution in [1.82, 2.24) is 14.8 Å². The molecule has 0 unspecified atom stereocenters. The number of pyridine rings is 1. The zero-order valence-corrected chi connectivity index (χ0v) is 18.9. The van der Waals surface area contributed by atoms with Crippen molar-refractivity contribution < 1.29 is 19.4 Å². The second-order valence-electron chi connectivity index (χ2n) is 8.67. The van der Waals surface area contributed by atoms with E-state index in [0.717, 1.165) is 43.5 Å². The molecule has 2 bridgehead atoms. The monoisotopic (exact) mass is 452 g/mol. The number of aliphatic hydroxyl groups excluding tert-OH is 1. The summed E-state index contributed by atoms with van der Waals surface area (Å²) in [7, 11) is 0. The summed E-state index contributed by atoms with van der Waals surface area (Å²) in [6, 6.07) is 13.0. The average Bonchev–Trinajstić information content (AvgIpc) is 2.85. The molecule has 33 heavy (non-hydrogen) atoms. The van der Waals surface area contributed by atoms with Gasteiger partial charge < -0.3 is 25.0 Å². The molecule has 2 aliphatic heterocycles. The second-order valence-corrected chi connectivity index (χ2v) is 8.67. The van der Waals surface area contributed by atoms with E-state index in [0.29, 0.717) is 37.8 Å². The molecule has 0 radical (unpaired) electrons. The highest BCUT2D eigenvalue weighted by molar-refractivity contribution is 5.95. The van der Waals surface area contributed by atoms with Gasteiger partial charge in [-0.25, -0.2) is 4.98 Å². The van der Waals surface area contributed by atoms with Crippen LogP contribution < -0.4 is 10.1 Å². The van der Waals surface area contributed by atoms with Gasteiger partial charge in [-0.1, -0.05) is 18.2 Å². The summed E-state index contributed by atoms with van der Waals surface area (Å²) >= 11 is 0. The average molecular weight is 453 g/mol. The lowest BCUT2D eigenvalue weighted by Gasteiger charge is -2.33. The van der Waals surface area contributed by atoms with E-state index in [1.54, 1.807) is 28.0 Å². The summed E-state index contributed by atoms with van der Waals surface area (Å²) in [5.41, 5.74) is 1.10. The molecule has 0 atom stereocenters. The fraction of sp³-hybridized carbons (Fsp3) is 0.480. The zero-order chi connectivity index (χ0) is 23.0. The van der Waals surface area contributed by atoms with E-state index < -0.39 is 0 Å². The van der Waals surface area contributed by atoms with Crippen LogP contribution in [0.3, 0.4) is 0 Å². The first-order valence-corrected chi connectivity index (χ1v) is 11.8. The Morgan fingerprint density at radius 2 is 1.88 bits per heavy atom. The molecular weight excluding hydrogens is 420 g/mol. The van der Waals surface area contributed by atoms with Gasteiger partial charge in [-0.15, -0.1) is 0 Å². The molecule has 8 heteroatoms. The van der Waals surface area contributed by atoms with Crippen molar-refractivity contribution in [3.05, 3.63) is 48.2 Å². The summed E-state index contributed by atoms with van der Waals surface area (Å²) in [6.07, 6.45) is 4.14. The van der Waals surface area contributed by atoms with Crippen molar-refractivity contribution in [1.29, 1.82) is 0 Å². The Morgan fingerprint density at radius 3 is 2.70 bits per heavy atom. The number of aliphatic hydroxyl groups is 1. The first-order chi connectivity index (χ1) is 16.1. The number of nitrogens with zero attached hydrogens (tertiary/aromatic N) is 3. The summed E-state index contributed by atoms with van der Waals surface area (Å²) in [5, 5.41) is 12.6. The van der Waals surface area contributed by atoms with E-state index in [-0.39, 0.29) is 30.9 Å². The number of hydrogen-bond donors (Lipinski definition) is 2. The van der Waals surface area contributed by atoms with Gasteiger partial charge in [0, 0.05) is 26.2 Å². The molecule has 3 heterocycles. The highest BCUT2D eigenvalue weighted by atomic mass is 16.5. The molecule has 0 aliphatic carbocycles. The first kappa shape index (κ1) is 23.0. The number of benzene rings is 1. The number of carbonyl (C=O) groups is 2. The molecule has 1 aromatic carbocycles. The Morgan fingerprint density at radius 1 is 1.06 bits per heavy atom. The Balaban J connectivity index is 1.51. The quantitative estimate of drug-likeness (QED) is 0.743. The number of ether oxygens (including phenoxy) is 1. The van der Waals surface area contributed by atoms with E-state index in [1.807, 2.05) is 24.3 Å². The maximum atomic E-state index is 13.3. The van der Waals surface area contributed by atoms with Crippen molar-refractivity contribution in [2.75, 3.05) is 44.7 Å². The number of aromatic nitrogens is 1. The molecular formula is C25H32N4O4. The van der Waals surface area contributed by atoms with Crippen LogP contribution in [0, 0.1) is 5.92 Å². The van der Waals surface area contributed by atoms with Crippen LogP contribution in [0.5, 0.6) is 5.75 Å². The second kappa shape index (κ2) is 11.1. The van der Waals surface area contributed by atoms with Crippen molar-refractivity contribution in [3.8, 4) is 5.75 Å². The standard InChI is InChI=1S/C25H32N4O4/c30-18-19-11-14-28(15-12-19)24(31)17-29-13-4-1-5-16-33-22-9-3-2-7-20(22)26-23-10-6-8-21(27-23)25(29)32/h2-3,6-10,19,30H,1,4-5,11-18H2,(H,26,27). The minimum absolute atomic E-state index is 0.0430. The molecule has 0 saturated carbocycles. The Labute approximate surface area is 194 Å². The Hall–Kier alpha value is -3.13. The van der Waals surface area contributed by atoms with Crippen molar-refractivity contribution in [3.63, 3.8) is 0 Å². The summed E-state index contributed by atoms with van der Waals surface area (Å²) in [5.74, 6) is 1.28. The van der Waals surface area contributed by atoms with E-state index in [4.69, 9.17) is 4.74 Å². The predicted octanol–water partition coefficient (Wildman–Crippen LogP) is 3.06. The number of piperidine rings is 1. The van der Waals surface area contributed by atoms with Gasteiger partial charge >= 0.3 is 0 Å². The number of anilines is 2. The maximum Gasteiger partial charge on any atom is 0.273 e. The molecule has 2 N–H and O–H groups in total. The number of amides is 2. The minimum atomic E-state index is -0.237. The number of para-hydroxylation sites is 2. The van der Waals surface area contributed by atoms with E-state index in [2.05, 4.69) is 10.3 Å². The SMILES string of the molecule is O=C(CN1CCCCCOc2ccccc2Nc2cccc(n2)C1=O)N1CCC(CO)CC1. The fourth-order valence-corrected chi connectivity index (χ4v) is 4.26. The molecule has 2 aliphatic rings. The maximum absolute atomic E-state index is 13.3. The summed E-state index contributed by atoms with van der Waals surface area (Å²) in [4.78, 5) is 34.3. The van der Waals surface area contributed by atoms with Crippen LogP contribution >= 0.6 is 0 Å². The van der Waals surface area contributed by atoms with Gasteiger partial charge in [-0.05, 0) is 62.3 Å². The lowest BCUT2D eigenvalue weighted by molar-refractivity contribution is -0.133. The van der Waals surface area contributed by atoms with Gasteiger partial charge in [0.2, 0.25) is 5.91 Å². The van der Waals surface area contributed by atoms with Crippen LogP contribution in [0.15, 0.2) is 42.5 Å². The molecule has 176 valence electrons. The van der Waals surface area contributed by atoms with Gasteiger partial charge in [0.05, 0.1) is 12.3 Å². The molecule has 4 rings (SSSR count). The zero-order valence-electron chi connectivity index (χ0n) is 18.9. The smallest absolute Gasteiger partial charge is 0.273 e. The summed E-state index contributed by atoms with van der Waals surface area (Å²) in [6.45, 7) is 2.53.